The van der Waals surface area contributed by atoms with Crippen molar-refractivity contribution in [1.82, 2.24) is 10.2 Å². The van der Waals surface area contributed by atoms with Gasteiger partial charge in [0.2, 0.25) is 0 Å². The zero-order valence-corrected chi connectivity index (χ0v) is 11.3. The monoisotopic (exact) mass is 255 g/mol. The van der Waals surface area contributed by atoms with Crippen molar-refractivity contribution in [2.75, 3.05) is 5.73 Å². The summed E-state index contributed by atoms with van der Waals surface area (Å²) in [5, 5.41) is 8.17. The molecule has 0 saturated heterocycles. The van der Waals surface area contributed by atoms with Crippen LogP contribution in [0.1, 0.15) is 30.9 Å². The average molecular weight is 255 g/mol. The summed E-state index contributed by atoms with van der Waals surface area (Å²) in [7, 11) is 0. The summed E-state index contributed by atoms with van der Waals surface area (Å²) in [5.74, 6) is 1.62. The molecule has 3 rings (SSSR count). The maximum atomic E-state index is 5.91. The standard InChI is InChI=1S/C15H17N3O/c1-8(2)13-14(17-18-15(13)16)12-7-10-6-9(3)4-5-11(10)19-12/h4-8H,1-3H3,(H3,16,17,18). The summed E-state index contributed by atoms with van der Waals surface area (Å²) in [4.78, 5) is 0. The van der Waals surface area contributed by atoms with Gasteiger partial charge in [0.25, 0.3) is 0 Å². The molecule has 0 aliphatic heterocycles. The van der Waals surface area contributed by atoms with Gasteiger partial charge in [-0.15, -0.1) is 0 Å². The molecule has 0 amide bonds. The normalized spacial score (nSPS) is 11.6. The summed E-state index contributed by atoms with van der Waals surface area (Å²) >= 11 is 0. The van der Waals surface area contributed by atoms with Crippen LogP contribution in [0.2, 0.25) is 0 Å². The minimum Gasteiger partial charge on any atom is -0.454 e. The number of furan rings is 1. The molecule has 0 radical (unpaired) electrons. The third-order valence-electron chi connectivity index (χ3n) is 3.33. The van der Waals surface area contributed by atoms with Gasteiger partial charge in [0, 0.05) is 10.9 Å². The molecule has 4 heteroatoms. The van der Waals surface area contributed by atoms with E-state index in [0.29, 0.717) is 11.7 Å². The van der Waals surface area contributed by atoms with E-state index in [1.165, 1.54) is 5.56 Å². The minimum atomic E-state index is 0.295. The molecule has 0 bridgehead atoms. The van der Waals surface area contributed by atoms with Crippen LogP contribution >= 0.6 is 0 Å². The number of nitrogens with two attached hydrogens (primary N) is 1. The largest absolute Gasteiger partial charge is 0.454 e. The fourth-order valence-corrected chi connectivity index (χ4v) is 2.42. The third-order valence-corrected chi connectivity index (χ3v) is 3.33. The van der Waals surface area contributed by atoms with Gasteiger partial charge >= 0.3 is 0 Å². The van der Waals surface area contributed by atoms with Gasteiger partial charge in [-0.2, -0.15) is 5.10 Å². The molecular formula is C15H17N3O. The van der Waals surface area contributed by atoms with Crippen LogP contribution < -0.4 is 5.73 Å². The maximum Gasteiger partial charge on any atom is 0.153 e. The lowest BCUT2D eigenvalue weighted by atomic mass is 10.0. The first-order valence-corrected chi connectivity index (χ1v) is 6.40. The van der Waals surface area contributed by atoms with Crippen LogP contribution in [0.15, 0.2) is 28.7 Å². The first-order valence-electron chi connectivity index (χ1n) is 6.40. The van der Waals surface area contributed by atoms with E-state index in [2.05, 4.69) is 37.0 Å². The molecule has 2 aromatic heterocycles. The van der Waals surface area contributed by atoms with Crippen LogP contribution in [0.3, 0.4) is 0 Å². The van der Waals surface area contributed by atoms with Crippen LogP contribution in [0.4, 0.5) is 5.82 Å². The summed E-state index contributed by atoms with van der Waals surface area (Å²) in [5.41, 5.74) is 9.89. The highest BCUT2D eigenvalue weighted by Crippen LogP contribution is 2.34. The Hall–Kier alpha value is -2.23. The average Bonchev–Trinajstić information content (AvgIpc) is 2.91. The van der Waals surface area contributed by atoms with Gasteiger partial charge in [-0.25, -0.2) is 0 Å². The highest BCUT2D eigenvalue weighted by Gasteiger charge is 2.18. The number of anilines is 1. The third kappa shape index (κ3) is 1.89. The van der Waals surface area contributed by atoms with Crippen LogP contribution in [0.5, 0.6) is 0 Å². The van der Waals surface area contributed by atoms with E-state index >= 15 is 0 Å². The molecular weight excluding hydrogens is 238 g/mol. The molecule has 0 atom stereocenters. The van der Waals surface area contributed by atoms with E-state index in [-0.39, 0.29) is 0 Å². The first-order chi connectivity index (χ1) is 9.06. The fourth-order valence-electron chi connectivity index (χ4n) is 2.42. The number of aromatic amines is 1. The molecule has 3 N–H and O–H groups in total. The number of nitrogen functional groups attached to an aromatic ring is 1. The summed E-state index contributed by atoms with van der Waals surface area (Å²) < 4.78 is 5.89. The second-order valence-corrected chi connectivity index (χ2v) is 5.20. The van der Waals surface area contributed by atoms with E-state index in [1.54, 1.807) is 0 Å². The molecule has 0 aliphatic carbocycles. The zero-order chi connectivity index (χ0) is 13.6. The van der Waals surface area contributed by atoms with E-state index in [4.69, 9.17) is 10.2 Å². The number of hydrogen-bond donors (Lipinski definition) is 2. The fraction of sp³-hybridized carbons (Fsp3) is 0.267. The molecule has 19 heavy (non-hydrogen) atoms. The highest BCUT2D eigenvalue weighted by molar-refractivity contribution is 5.83. The van der Waals surface area contributed by atoms with E-state index < -0.39 is 0 Å². The molecule has 0 fully saturated rings. The summed E-state index contributed by atoms with van der Waals surface area (Å²) in [6.45, 7) is 6.26. The van der Waals surface area contributed by atoms with Crippen molar-refractivity contribution in [2.45, 2.75) is 26.7 Å². The Bertz CT molecular complexity index is 737. The minimum absolute atomic E-state index is 0.295. The predicted octanol–water partition coefficient (Wildman–Crippen LogP) is 3.84. The second-order valence-electron chi connectivity index (χ2n) is 5.20. The highest BCUT2D eigenvalue weighted by atomic mass is 16.3. The van der Waals surface area contributed by atoms with Crippen molar-refractivity contribution in [3.63, 3.8) is 0 Å². The SMILES string of the molecule is Cc1ccc2oc(-c3[nH]nc(N)c3C(C)C)cc2c1. The van der Waals surface area contributed by atoms with Crippen molar-refractivity contribution in [3.05, 3.63) is 35.4 Å². The zero-order valence-electron chi connectivity index (χ0n) is 11.3. The van der Waals surface area contributed by atoms with Crippen molar-refractivity contribution in [3.8, 4) is 11.5 Å². The van der Waals surface area contributed by atoms with Crippen molar-refractivity contribution in [1.29, 1.82) is 0 Å². The molecule has 98 valence electrons. The van der Waals surface area contributed by atoms with Gasteiger partial charge in [0.1, 0.15) is 17.1 Å². The van der Waals surface area contributed by atoms with E-state index in [1.807, 2.05) is 18.2 Å². The lowest BCUT2D eigenvalue weighted by Crippen LogP contribution is -1.94. The van der Waals surface area contributed by atoms with Gasteiger partial charge in [-0.3, -0.25) is 5.10 Å². The molecule has 2 heterocycles. The Morgan fingerprint density at radius 3 is 2.79 bits per heavy atom. The van der Waals surface area contributed by atoms with Crippen LogP contribution in [0.25, 0.3) is 22.4 Å². The number of aromatic nitrogens is 2. The summed E-state index contributed by atoms with van der Waals surface area (Å²) in [6, 6.07) is 8.17. The van der Waals surface area contributed by atoms with Crippen LogP contribution in [0, 0.1) is 6.92 Å². The molecule has 0 aliphatic rings. The Labute approximate surface area is 111 Å². The Kier molecular flexibility index (Phi) is 2.59. The van der Waals surface area contributed by atoms with Crippen LogP contribution in [-0.4, -0.2) is 10.2 Å². The number of nitrogens with one attached hydrogen (secondary N) is 1. The lowest BCUT2D eigenvalue weighted by molar-refractivity contribution is 0.626. The number of nitrogens with zero attached hydrogens (tertiary/aromatic N) is 1. The Balaban J connectivity index is 2.19. The first kappa shape index (κ1) is 11.8. The predicted molar refractivity (Wildman–Crippen MR) is 77.0 cm³/mol. The van der Waals surface area contributed by atoms with Crippen LogP contribution in [-0.2, 0) is 0 Å². The number of fused-ring (bicyclic) bond motifs is 1. The molecule has 0 spiro atoms. The molecule has 4 nitrogen and oxygen atoms in total. The quantitative estimate of drug-likeness (QED) is 0.731. The molecule has 0 saturated carbocycles. The second kappa shape index (κ2) is 4.16. The van der Waals surface area contributed by atoms with Crippen molar-refractivity contribution in [2.24, 2.45) is 0 Å². The lowest BCUT2D eigenvalue weighted by Gasteiger charge is -2.04. The number of aryl methyl sites for hydroxylation is 1. The van der Waals surface area contributed by atoms with Gasteiger partial charge < -0.3 is 10.2 Å². The number of H-pyrrole nitrogens is 1. The number of rotatable bonds is 2. The van der Waals surface area contributed by atoms with Crippen molar-refractivity contribution < 1.29 is 4.42 Å². The van der Waals surface area contributed by atoms with E-state index in [0.717, 1.165) is 28.0 Å². The maximum absolute atomic E-state index is 5.91. The van der Waals surface area contributed by atoms with E-state index in [9.17, 15) is 0 Å². The number of benzene rings is 1. The van der Waals surface area contributed by atoms with Gasteiger partial charge in [0.05, 0.1) is 0 Å². The molecule has 3 aromatic rings. The number of hydrogen-bond acceptors (Lipinski definition) is 3. The summed E-state index contributed by atoms with van der Waals surface area (Å²) in [6.07, 6.45) is 0. The van der Waals surface area contributed by atoms with Crippen molar-refractivity contribution >= 4 is 16.8 Å². The Morgan fingerprint density at radius 2 is 2.05 bits per heavy atom. The Morgan fingerprint density at radius 1 is 1.26 bits per heavy atom. The molecule has 1 aromatic carbocycles. The smallest absolute Gasteiger partial charge is 0.153 e. The molecule has 0 unspecified atom stereocenters. The van der Waals surface area contributed by atoms with Gasteiger partial charge in [-0.1, -0.05) is 25.5 Å². The topological polar surface area (TPSA) is 67.8 Å². The van der Waals surface area contributed by atoms with Gasteiger partial charge in [-0.05, 0) is 31.0 Å². The van der Waals surface area contributed by atoms with Gasteiger partial charge in [0.15, 0.2) is 5.76 Å².